The molecule has 0 aliphatic rings. The summed E-state index contributed by atoms with van der Waals surface area (Å²) in [5.41, 5.74) is 0. The quantitative estimate of drug-likeness (QED) is 0.830. The summed E-state index contributed by atoms with van der Waals surface area (Å²) in [6.07, 6.45) is 0. The molecule has 0 radical (unpaired) electrons. The van der Waals surface area contributed by atoms with Crippen LogP contribution in [0.2, 0.25) is 0 Å². The number of hydrogen-bond acceptors (Lipinski definition) is 3. The molecule has 1 heterocycles. The van der Waals surface area contributed by atoms with Gasteiger partial charge in [-0.2, -0.15) is 0 Å². The second-order valence-electron chi connectivity index (χ2n) is 4.41. The number of nitrogens with zero attached hydrogens (tertiary/aromatic N) is 1. The number of rotatable bonds is 6. The van der Waals surface area contributed by atoms with Gasteiger partial charge in [0.25, 0.3) is 0 Å². The summed E-state index contributed by atoms with van der Waals surface area (Å²) < 4.78 is 0. The SMILES string of the molecule is CC(C)CN(CC(=O)O)C(=O)NCc1cccs1. The lowest BCUT2D eigenvalue weighted by atomic mass is 10.2. The number of carbonyl (C=O) groups excluding carboxylic acids is 1. The second-order valence-corrected chi connectivity index (χ2v) is 5.44. The molecule has 0 unspecified atom stereocenters. The molecule has 0 atom stereocenters. The Hall–Kier alpha value is -1.56. The van der Waals surface area contributed by atoms with E-state index in [0.717, 1.165) is 4.88 Å². The van der Waals surface area contributed by atoms with E-state index >= 15 is 0 Å². The molecule has 100 valence electrons. The summed E-state index contributed by atoms with van der Waals surface area (Å²) >= 11 is 1.55. The number of carbonyl (C=O) groups is 2. The maximum absolute atomic E-state index is 11.9. The molecule has 0 aliphatic carbocycles. The summed E-state index contributed by atoms with van der Waals surface area (Å²) in [5, 5.41) is 13.4. The van der Waals surface area contributed by atoms with Crippen molar-refractivity contribution in [3.05, 3.63) is 22.4 Å². The minimum Gasteiger partial charge on any atom is -0.480 e. The minimum absolute atomic E-state index is 0.233. The Balaban J connectivity index is 2.50. The zero-order valence-electron chi connectivity index (χ0n) is 10.5. The number of amides is 2. The molecule has 0 aromatic carbocycles. The van der Waals surface area contributed by atoms with E-state index in [1.54, 1.807) is 11.3 Å². The number of nitrogens with one attached hydrogen (secondary N) is 1. The zero-order valence-corrected chi connectivity index (χ0v) is 11.4. The van der Waals surface area contributed by atoms with Gasteiger partial charge >= 0.3 is 12.0 Å². The highest BCUT2D eigenvalue weighted by molar-refractivity contribution is 7.09. The third-order valence-electron chi connectivity index (χ3n) is 2.19. The van der Waals surface area contributed by atoms with Gasteiger partial charge in [0, 0.05) is 11.4 Å². The normalized spacial score (nSPS) is 10.4. The molecule has 2 N–H and O–H groups in total. The van der Waals surface area contributed by atoms with E-state index in [0.29, 0.717) is 13.1 Å². The van der Waals surface area contributed by atoms with Gasteiger partial charge in [-0.05, 0) is 17.4 Å². The first-order valence-corrected chi connectivity index (χ1v) is 6.64. The Labute approximate surface area is 110 Å². The molecule has 1 aromatic rings. The monoisotopic (exact) mass is 270 g/mol. The van der Waals surface area contributed by atoms with E-state index in [-0.39, 0.29) is 18.5 Å². The second kappa shape index (κ2) is 7.00. The number of aliphatic carboxylic acids is 1. The molecule has 1 rings (SSSR count). The summed E-state index contributed by atoms with van der Waals surface area (Å²) in [7, 11) is 0. The molecule has 0 saturated heterocycles. The fourth-order valence-electron chi connectivity index (χ4n) is 1.51. The van der Waals surface area contributed by atoms with E-state index in [1.165, 1.54) is 4.90 Å². The molecule has 0 aliphatic heterocycles. The standard InChI is InChI=1S/C12H18N2O3S/c1-9(2)7-14(8-11(15)16)12(17)13-6-10-4-3-5-18-10/h3-5,9H,6-8H2,1-2H3,(H,13,17)(H,15,16). The van der Waals surface area contributed by atoms with Gasteiger partial charge in [0.1, 0.15) is 6.54 Å². The molecule has 18 heavy (non-hydrogen) atoms. The van der Waals surface area contributed by atoms with Gasteiger partial charge in [-0.3, -0.25) is 4.79 Å². The lowest BCUT2D eigenvalue weighted by molar-refractivity contribution is -0.137. The first-order valence-electron chi connectivity index (χ1n) is 5.76. The fraction of sp³-hybridized carbons (Fsp3) is 0.500. The molecule has 5 nitrogen and oxygen atoms in total. The van der Waals surface area contributed by atoms with Gasteiger partial charge in [-0.15, -0.1) is 11.3 Å². The van der Waals surface area contributed by atoms with Crippen molar-refractivity contribution in [1.29, 1.82) is 0 Å². The summed E-state index contributed by atoms with van der Waals surface area (Å²) in [6, 6.07) is 3.50. The lowest BCUT2D eigenvalue weighted by Gasteiger charge is -2.22. The highest BCUT2D eigenvalue weighted by atomic mass is 32.1. The van der Waals surface area contributed by atoms with Crippen LogP contribution in [-0.2, 0) is 11.3 Å². The van der Waals surface area contributed by atoms with Crippen LogP contribution in [0.4, 0.5) is 4.79 Å². The summed E-state index contributed by atoms with van der Waals surface area (Å²) in [4.78, 5) is 24.9. The van der Waals surface area contributed by atoms with Crippen LogP contribution in [-0.4, -0.2) is 35.1 Å². The number of carboxylic acid groups (broad SMARTS) is 1. The van der Waals surface area contributed by atoms with Crippen molar-refractivity contribution in [3.8, 4) is 0 Å². The Kier molecular flexibility index (Phi) is 5.64. The predicted molar refractivity (Wildman–Crippen MR) is 70.6 cm³/mol. The molecule has 0 spiro atoms. The molecule has 1 aromatic heterocycles. The Bertz CT molecular complexity index is 390. The summed E-state index contributed by atoms with van der Waals surface area (Å²) in [5.74, 6) is -0.765. The summed E-state index contributed by atoms with van der Waals surface area (Å²) in [6.45, 7) is 4.49. The van der Waals surface area contributed by atoms with E-state index in [1.807, 2.05) is 31.4 Å². The van der Waals surface area contributed by atoms with Crippen LogP contribution in [0.15, 0.2) is 17.5 Å². The van der Waals surface area contributed by atoms with Gasteiger partial charge in [0.05, 0.1) is 6.54 Å². The maximum atomic E-state index is 11.9. The van der Waals surface area contributed by atoms with Crippen molar-refractivity contribution >= 4 is 23.3 Å². The van der Waals surface area contributed by atoms with E-state index in [2.05, 4.69) is 5.32 Å². The predicted octanol–water partition coefficient (Wildman–Crippen LogP) is 2.00. The lowest BCUT2D eigenvalue weighted by Crippen LogP contribution is -2.44. The van der Waals surface area contributed by atoms with Crippen LogP contribution in [0, 0.1) is 5.92 Å². The zero-order chi connectivity index (χ0) is 13.5. The van der Waals surface area contributed by atoms with E-state index in [4.69, 9.17) is 5.11 Å². The third kappa shape index (κ3) is 5.18. The average Bonchev–Trinajstić information content (AvgIpc) is 2.76. The van der Waals surface area contributed by atoms with Crippen LogP contribution in [0.3, 0.4) is 0 Å². The molecule has 2 amide bonds. The van der Waals surface area contributed by atoms with Gasteiger partial charge in [0.15, 0.2) is 0 Å². The number of hydrogen-bond donors (Lipinski definition) is 2. The van der Waals surface area contributed by atoms with Gasteiger partial charge in [-0.1, -0.05) is 19.9 Å². The van der Waals surface area contributed by atoms with Crippen molar-refractivity contribution in [2.45, 2.75) is 20.4 Å². The van der Waals surface area contributed by atoms with Crippen LogP contribution >= 0.6 is 11.3 Å². The molecule has 0 bridgehead atoms. The van der Waals surface area contributed by atoms with Crippen LogP contribution < -0.4 is 5.32 Å². The Morgan fingerprint density at radius 2 is 2.22 bits per heavy atom. The van der Waals surface area contributed by atoms with E-state index < -0.39 is 5.97 Å². The van der Waals surface area contributed by atoms with Crippen LogP contribution in [0.25, 0.3) is 0 Å². The maximum Gasteiger partial charge on any atom is 0.323 e. The van der Waals surface area contributed by atoms with Crippen LogP contribution in [0.1, 0.15) is 18.7 Å². The van der Waals surface area contributed by atoms with Crippen molar-refractivity contribution in [2.75, 3.05) is 13.1 Å². The number of thiophene rings is 1. The smallest absolute Gasteiger partial charge is 0.323 e. The number of urea groups is 1. The largest absolute Gasteiger partial charge is 0.480 e. The average molecular weight is 270 g/mol. The minimum atomic E-state index is -0.998. The van der Waals surface area contributed by atoms with Crippen molar-refractivity contribution in [3.63, 3.8) is 0 Å². The van der Waals surface area contributed by atoms with Crippen molar-refractivity contribution in [1.82, 2.24) is 10.2 Å². The van der Waals surface area contributed by atoms with Gasteiger partial charge in [0.2, 0.25) is 0 Å². The highest BCUT2D eigenvalue weighted by Crippen LogP contribution is 2.08. The molecule has 0 fully saturated rings. The third-order valence-corrected chi connectivity index (χ3v) is 3.07. The first-order chi connectivity index (χ1) is 8.49. The number of carboxylic acids is 1. The topological polar surface area (TPSA) is 69.6 Å². The van der Waals surface area contributed by atoms with Gasteiger partial charge < -0.3 is 15.3 Å². The first kappa shape index (κ1) is 14.5. The van der Waals surface area contributed by atoms with Crippen molar-refractivity contribution < 1.29 is 14.7 Å². The van der Waals surface area contributed by atoms with E-state index in [9.17, 15) is 9.59 Å². The fourth-order valence-corrected chi connectivity index (χ4v) is 2.16. The molecular weight excluding hydrogens is 252 g/mol. The highest BCUT2D eigenvalue weighted by Gasteiger charge is 2.17. The van der Waals surface area contributed by atoms with Crippen LogP contribution in [0.5, 0.6) is 0 Å². The Morgan fingerprint density at radius 1 is 1.50 bits per heavy atom. The Morgan fingerprint density at radius 3 is 2.72 bits per heavy atom. The molecular formula is C12H18N2O3S. The van der Waals surface area contributed by atoms with Crippen molar-refractivity contribution in [2.24, 2.45) is 5.92 Å². The molecule has 0 saturated carbocycles. The molecule has 6 heteroatoms. The van der Waals surface area contributed by atoms with Gasteiger partial charge in [-0.25, -0.2) is 4.79 Å².